The molecule has 7 rings (SSSR count). The van der Waals surface area contributed by atoms with Crippen LogP contribution >= 0.6 is 23.2 Å². The van der Waals surface area contributed by atoms with Crippen LogP contribution in [0.4, 0.5) is 30.4 Å². The number of pyridine rings is 1. The van der Waals surface area contributed by atoms with Crippen molar-refractivity contribution in [3.8, 4) is 11.1 Å². The fourth-order valence-corrected chi connectivity index (χ4v) is 6.31. The average Bonchev–Trinajstić information content (AvgIpc) is 3.44. The maximum atomic E-state index is 13.6. The van der Waals surface area contributed by atoms with E-state index < -0.39 is 12.0 Å². The van der Waals surface area contributed by atoms with Gasteiger partial charge in [-0.2, -0.15) is 18.3 Å². The van der Waals surface area contributed by atoms with Crippen molar-refractivity contribution < 1.29 is 18.0 Å². The number of aryl methyl sites for hydroxylation is 1. The number of carbonyl (C=O) groups is 1. The molecule has 5 heterocycles. The van der Waals surface area contributed by atoms with Gasteiger partial charge in [-0.3, -0.25) is 19.4 Å². The molecule has 0 radical (unpaired) electrons. The van der Waals surface area contributed by atoms with Crippen LogP contribution in [0.1, 0.15) is 47.3 Å². The van der Waals surface area contributed by atoms with Crippen molar-refractivity contribution in [2.24, 2.45) is 0 Å². The molecular formula is C31H25Cl2F3N8O. The number of hydrogen-bond donors (Lipinski definition) is 2. The summed E-state index contributed by atoms with van der Waals surface area (Å²) in [6.07, 6.45) is -0.0962. The summed E-state index contributed by atoms with van der Waals surface area (Å²) in [5.41, 5.74) is 3.16. The lowest BCUT2D eigenvalue weighted by molar-refractivity contribution is -0.144. The van der Waals surface area contributed by atoms with Crippen LogP contribution < -0.4 is 10.6 Å². The van der Waals surface area contributed by atoms with Gasteiger partial charge in [-0.25, -0.2) is 9.97 Å². The average molecular weight is 653 g/mol. The zero-order valence-electron chi connectivity index (χ0n) is 23.6. The summed E-state index contributed by atoms with van der Waals surface area (Å²) in [7, 11) is 0. The van der Waals surface area contributed by atoms with Crippen molar-refractivity contribution >= 4 is 57.3 Å². The predicted octanol–water partition coefficient (Wildman–Crippen LogP) is 7.75. The third-order valence-corrected chi connectivity index (χ3v) is 8.88. The zero-order chi connectivity index (χ0) is 31.3. The van der Waals surface area contributed by atoms with Crippen LogP contribution in [0.3, 0.4) is 0 Å². The minimum absolute atomic E-state index is 0.0238. The number of hydrogen-bond acceptors (Lipinski definition) is 7. The van der Waals surface area contributed by atoms with Crippen LogP contribution in [0, 0.1) is 0 Å². The molecular weight excluding hydrogens is 628 g/mol. The first-order chi connectivity index (χ1) is 21.7. The molecule has 0 spiro atoms. The van der Waals surface area contributed by atoms with Gasteiger partial charge in [0.25, 0.3) is 5.91 Å². The maximum Gasteiger partial charge on any atom is 0.451 e. The summed E-state index contributed by atoms with van der Waals surface area (Å²) >= 11 is 13.6. The Bertz CT molecular complexity index is 1940. The summed E-state index contributed by atoms with van der Waals surface area (Å²) in [6, 6.07) is 15.2. The number of fused-ring (bicyclic) bond motifs is 2. The van der Waals surface area contributed by atoms with E-state index in [0.717, 1.165) is 38.2 Å². The molecule has 1 atom stereocenters. The van der Waals surface area contributed by atoms with Gasteiger partial charge in [-0.15, -0.1) is 0 Å². The van der Waals surface area contributed by atoms with Crippen molar-refractivity contribution in [1.29, 1.82) is 0 Å². The van der Waals surface area contributed by atoms with E-state index in [-0.39, 0.29) is 44.5 Å². The van der Waals surface area contributed by atoms with Crippen LogP contribution in [0.15, 0.2) is 60.8 Å². The molecule has 0 unspecified atom stereocenters. The first kappa shape index (κ1) is 29.5. The van der Waals surface area contributed by atoms with E-state index in [1.165, 1.54) is 24.8 Å². The van der Waals surface area contributed by atoms with Gasteiger partial charge in [0.2, 0.25) is 5.82 Å². The van der Waals surface area contributed by atoms with Gasteiger partial charge in [0.1, 0.15) is 5.52 Å². The van der Waals surface area contributed by atoms with Crippen molar-refractivity contribution in [2.45, 2.75) is 38.0 Å². The number of nitrogens with zero attached hydrogens (tertiary/aromatic N) is 6. The third-order valence-electron chi connectivity index (χ3n) is 8.06. The Morgan fingerprint density at radius 3 is 2.36 bits per heavy atom. The number of benzene rings is 2. The SMILES string of the molecule is O=C(Nc1cccc(-c2cccc(Nc3nc(C(F)(F)F)nc4cccnc34)c2Cl)c1Cl)c1cc2n(n1)CCC[C@@H]2N1CCC1. The molecule has 5 aromatic rings. The van der Waals surface area contributed by atoms with Gasteiger partial charge in [-0.05, 0) is 49.6 Å². The standard InChI is InChI=1S/C31H25Cl2F3N8O/c32-25-17(6-1-8-19(25)38-28-27-21(10-3-12-37-27)40-30(41-28)31(34,35)36)18-7-2-9-20(26(18)33)39-29(45)22-16-24-23(43-13-5-14-43)11-4-15-44(24)42-22/h1-3,6-10,12,16,23H,4-5,11,13-15H2,(H,39,45)(H,38,40,41)/t23-/m0/s1. The third kappa shape index (κ3) is 5.58. The van der Waals surface area contributed by atoms with E-state index in [1.807, 2.05) is 10.7 Å². The van der Waals surface area contributed by atoms with E-state index >= 15 is 0 Å². The lowest BCUT2D eigenvalue weighted by atomic mass is 9.99. The number of anilines is 3. The summed E-state index contributed by atoms with van der Waals surface area (Å²) < 4.78 is 42.6. The fourth-order valence-electron chi connectivity index (χ4n) is 5.76. The highest BCUT2D eigenvalue weighted by molar-refractivity contribution is 6.39. The Morgan fingerprint density at radius 2 is 1.64 bits per heavy atom. The Labute approximate surface area is 265 Å². The van der Waals surface area contributed by atoms with Crippen LogP contribution in [0.5, 0.6) is 0 Å². The number of carbonyl (C=O) groups excluding carboxylic acids is 1. The summed E-state index contributed by atoms with van der Waals surface area (Å²) in [5, 5.41) is 10.8. The molecule has 1 amide bonds. The summed E-state index contributed by atoms with van der Waals surface area (Å²) in [5.74, 6) is -1.85. The highest BCUT2D eigenvalue weighted by Crippen LogP contribution is 2.42. The molecule has 9 nitrogen and oxygen atoms in total. The van der Waals surface area contributed by atoms with Crippen LogP contribution in [0.2, 0.25) is 10.0 Å². The molecule has 14 heteroatoms. The molecule has 45 heavy (non-hydrogen) atoms. The number of alkyl halides is 3. The van der Waals surface area contributed by atoms with Gasteiger partial charge < -0.3 is 10.6 Å². The smallest absolute Gasteiger partial charge is 0.337 e. The molecule has 2 aliphatic heterocycles. The number of likely N-dealkylation sites (tertiary alicyclic amines) is 1. The second kappa shape index (κ2) is 11.6. The topological polar surface area (TPSA) is 101 Å². The Morgan fingerprint density at radius 1 is 0.911 bits per heavy atom. The molecule has 2 aromatic carbocycles. The molecule has 0 aliphatic carbocycles. The quantitative estimate of drug-likeness (QED) is 0.193. The fraction of sp³-hybridized carbons (Fsp3) is 0.258. The second-order valence-electron chi connectivity index (χ2n) is 10.9. The molecule has 2 aliphatic rings. The van der Waals surface area contributed by atoms with Crippen LogP contribution in [-0.2, 0) is 12.7 Å². The van der Waals surface area contributed by atoms with Crippen molar-refractivity contribution in [1.82, 2.24) is 29.6 Å². The molecule has 3 aromatic heterocycles. The van der Waals surface area contributed by atoms with E-state index in [2.05, 4.69) is 35.6 Å². The number of nitrogens with one attached hydrogen (secondary N) is 2. The monoisotopic (exact) mass is 652 g/mol. The Balaban J connectivity index is 1.17. The van der Waals surface area contributed by atoms with Gasteiger partial charge in [0.05, 0.1) is 38.7 Å². The van der Waals surface area contributed by atoms with Gasteiger partial charge in [-0.1, -0.05) is 47.5 Å². The number of halogens is 5. The number of rotatable bonds is 6. The van der Waals surface area contributed by atoms with Gasteiger partial charge in [0, 0.05) is 37.0 Å². The lowest BCUT2D eigenvalue weighted by Gasteiger charge is -2.40. The Hall–Kier alpha value is -4.26. The van der Waals surface area contributed by atoms with E-state index in [0.29, 0.717) is 22.5 Å². The highest BCUT2D eigenvalue weighted by Gasteiger charge is 2.36. The Kier molecular flexibility index (Phi) is 7.58. The highest BCUT2D eigenvalue weighted by atomic mass is 35.5. The van der Waals surface area contributed by atoms with Crippen molar-refractivity contribution in [3.63, 3.8) is 0 Å². The van der Waals surface area contributed by atoms with Gasteiger partial charge in [0.15, 0.2) is 11.5 Å². The van der Waals surface area contributed by atoms with Crippen molar-refractivity contribution in [2.75, 3.05) is 23.7 Å². The van der Waals surface area contributed by atoms with E-state index in [1.54, 1.807) is 36.4 Å². The van der Waals surface area contributed by atoms with Crippen LogP contribution in [0.25, 0.3) is 22.2 Å². The predicted molar refractivity (Wildman–Crippen MR) is 166 cm³/mol. The first-order valence-corrected chi connectivity index (χ1v) is 15.1. The second-order valence-corrected chi connectivity index (χ2v) is 11.7. The molecule has 1 saturated heterocycles. The summed E-state index contributed by atoms with van der Waals surface area (Å²) in [6.45, 7) is 2.88. The maximum absolute atomic E-state index is 13.6. The molecule has 0 bridgehead atoms. The van der Waals surface area contributed by atoms with Crippen molar-refractivity contribution in [3.05, 3.63) is 88.1 Å². The van der Waals surface area contributed by atoms with E-state index in [4.69, 9.17) is 23.2 Å². The minimum Gasteiger partial charge on any atom is -0.337 e. The number of aromatic nitrogens is 5. The molecule has 0 saturated carbocycles. The summed E-state index contributed by atoms with van der Waals surface area (Å²) in [4.78, 5) is 27.2. The zero-order valence-corrected chi connectivity index (χ0v) is 25.1. The van der Waals surface area contributed by atoms with E-state index in [9.17, 15) is 18.0 Å². The lowest BCUT2D eigenvalue weighted by Crippen LogP contribution is -2.42. The largest absolute Gasteiger partial charge is 0.451 e. The molecule has 1 fully saturated rings. The molecule has 2 N–H and O–H groups in total. The number of amides is 1. The van der Waals surface area contributed by atoms with Gasteiger partial charge >= 0.3 is 6.18 Å². The normalized spacial score (nSPS) is 16.7. The minimum atomic E-state index is -4.77. The first-order valence-electron chi connectivity index (χ1n) is 14.3. The van der Waals surface area contributed by atoms with Crippen LogP contribution in [-0.4, -0.2) is 48.6 Å². The molecule has 230 valence electrons.